The van der Waals surface area contributed by atoms with Crippen LogP contribution in [0.5, 0.6) is 0 Å². The molecular weight excluding hydrogens is 599 g/mol. The van der Waals surface area contributed by atoms with Gasteiger partial charge in [-0.25, -0.2) is 0 Å². The van der Waals surface area contributed by atoms with E-state index in [1.807, 2.05) is 31.2 Å². The van der Waals surface area contributed by atoms with Gasteiger partial charge in [-0.3, -0.25) is 9.59 Å². The number of hydrogen-bond donors (Lipinski definition) is 2. The first-order valence-corrected chi connectivity index (χ1v) is 15.1. The second kappa shape index (κ2) is 13.6. The molecule has 0 saturated carbocycles. The topological polar surface area (TPSA) is 115 Å². The van der Waals surface area contributed by atoms with Gasteiger partial charge in [-0.2, -0.15) is 17.9 Å². The first kappa shape index (κ1) is 31.8. The van der Waals surface area contributed by atoms with E-state index in [-0.39, 0.29) is 38.0 Å². The third-order valence-corrected chi connectivity index (χ3v) is 8.90. The first-order valence-electron chi connectivity index (χ1n) is 14.2. The fourth-order valence-electron chi connectivity index (χ4n) is 5.44. The molecular formula is C31H32F3N3O6S. The van der Waals surface area contributed by atoms with Crippen LogP contribution in [-0.4, -0.2) is 52.4 Å². The zero-order valence-corrected chi connectivity index (χ0v) is 24.6. The minimum Gasteiger partial charge on any atom is -0.618 e. The molecule has 0 radical (unpaired) electrons. The van der Waals surface area contributed by atoms with Gasteiger partial charge in [0.25, 0.3) is 5.03 Å². The van der Waals surface area contributed by atoms with Crippen LogP contribution in [0.25, 0.3) is 0 Å². The summed E-state index contributed by atoms with van der Waals surface area (Å²) >= 11 is 1.36. The lowest BCUT2D eigenvalue weighted by Crippen LogP contribution is -2.48. The number of likely N-dealkylation sites (tertiary alicyclic amines) is 1. The molecule has 2 fully saturated rings. The number of carbonyl (C=O) groups is 2. The number of amides is 2. The Kier molecular flexibility index (Phi) is 9.78. The van der Waals surface area contributed by atoms with Gasteiger partial charge in [0.1, 0.15) is 6.04 Å². The van der Waals surface area contributed by atoms with Gasteiger partial charge in [0, 0.05) is 41.6 Å². The molecule has 5 rings (SSSR count). The number of hydrogen-bond acceptors (Lipinski definition) is 7. The van der Waals surface area contributed by atoms with Crippen LogP contribution in [0.15, 0.2) is 78.0 Å². The highest BCUT2D eigenvalue weighted by Crippen LogP contribution is 2.43. The summed E-state index contributed by atoms with van der Waals surface area (Å²) in [5, 5.41) is 24.9. The van der Waals surface area contributed by atoms with E-state index in [0.29, 0.717) is 26.9 Å². The predicted octanol–water partition coefficient (Wildman–Crippen LogP) is 4.89. The molecule has 2 amide bonds. The van der Waals surface area contributed by atoms with Gasteiger partial charge in [-0.1, -0.05) is 55.1 Å². The van der Waals surface area contributed by atoms with Gasteiger partial charge in [0.2, 0.25) is 5.91 Å². The van der Waals surface area contributed by atoms with Crippen molar-refractivity contribution in [2.24, 2.45) is 5.92 Å². The van der Waals surface area contributed by atoms with Crippen LogP contribution in [0, 0.1) is 11.1 Å². The van der Waals surface area contributed by atoms with Crippen molar-refractivity contribution in [2.75, 3.05) is 17.6 Å². The molecule has 0 unspecified atom stereocenters. The van der Waals surface area contributed by atoms with Crippen LogP contribution in [0.1, 0.15) is 48.8 Å². The maximum absolute atomic E-state index is 13.1. The number of anilines is 1. The van der Waals surface area contributed by atoms with Gasteiger partial charge >= 0.3 is 12.1 Å². The maximum atomic E-state index is 13.1. The van der Waals surface area contributed by atoms with Gasteiger partial charge in [0.05, 0.1) is 18.8 Å². The Morgan fingerprint density at radius 3 is 2.57 bits per heavy atom. The quantitative estimate of drug-likeness (QED) is 0.207. The fraction of sp³-hybridized carbons (Fsp3) is 0.387. The number of nitrogens with one attached hydrogen (secondary N) is 1. The number of rotatable bonds is 8. The molecule has 2 aliphatic rings. The number of halogens is 3. The number of aromatic nitrogens is 1. The Balaban J connectivity index is 1.36. The summed E-state index contributed by atoms with van der Waals surface area (Å²) in [5.41, 5.74) is 2.50. The van der Waals surface area contributed by atoms with Crippen molar-refractivity contribution >= 4 is 29.3 Å². The van der Waals surface area contributed by atoms with Crippen LogP contribution in [0.2, 0.25) is 0 Å². The van der Waals surface area contributed by atoms with Crippen LogP contribution in [0.3, 0.4) is 0 Å². The molecule has 0 aliphatic carbocycles. The van der Waals surface area contributed by atoms with Crippen LogP contribution in [-0.2, 0) is 25.7 Å². The van der Waals surface area contributed by atoms with Crippen LogP contribution >= 0.6 is 11.8 Å². The highest BCUT2D eigenvalue weighted by atomic mass is 32.2. The Morgan fingerprint density at radius 1 is 1.09 bits per heavy atom. The zero-order chi connectivity index (χ0) is 31.4. The second-order valence-corrected chi connectivity index (χ2v) is 11.8. The van der Waals surface area contributed by atoms with E-state index in [9.17, 15) is 33.1 Å². The molecule has 0 bridgehead atoms. The van der Waals surface area contributed by atoms with Crippen LogP contribution < -0.4 is 10.0 Å². The maximum Gasteiger partial charge on any atom is 0.471 e. The summed E-state index contributed by atoms with van der Waals surface area (Å²) in [6.07, 6.45) is -4.87. The summed E-state index contributed by atoms with van der Waals surface area (Å²) in [7, 11) is 0. The normalized spacial score (nSPS) is 23.8. The molecule has 0 spiro atoms. The van der Waals surface area contributed by atoms with E-state index >= 15 is 0 Å². The van der Waals surface area contributed by atoms with Crippen molar-refractivity contribution in [3.63, 3.8) is 0 Å². The van der Waals surface area contributed by atoms with E-state index in [1.54, 1.807) is 42.5 Å². The minimum absolute atomic E-state index is 0.0971. The molecule has 13 heteroatoms. The first-order chi connectivity index (χ1) is 21.0. The lowest BCUT2D eigenvalue weighted by molar-refractivity contribution is -0.645. The summed E-state index contributed by atoms with van der Waals surface area (Å²) in [4.78, 5) is 25.4. The molecule has 2 aliphatic heterocycles. The molecule has 3 aromatic rings. The van der Waals surface area contributed by atoms with Crippen LogP contribution in [0.4, 0.5) is 18.9 Å². The standard InChI is InChI=1S/C31H32F3N3O6S/c1-19-25(18-44-26-9-2-3-15-37(26)41)42-29(43-27(19)21-12-10-20(17-38)11-13-21)22-6-4-7-23(16-22)35-28(39)24-8-5-14-36(24)30(40)31(32,33)34/h2-4,6-7,9-13,15-16,19,24-25,27,29,38H,5,8,14,17-18H2,1H3,(H,35,39)/t19-,24+,25+,27+,29+/m1/s1. The molecule has 44 heavy (non-hydrogen) atoms. The lowest BCUT2D eigenvalue weighted by Gasteiger charge is -2.41. The average Bonchev–Trinajstić information content (AvgIpc) is 3.51. The van der Waals surface area contributed by atoms with E-state index < -0.39 is 36.4 Å². The largest absolute Gasteiger partial charge is 0.618 e. The Labute approximate surface area is 256 Å². The minimum atomic E-state index is -5.06. The number of alkyl halides is 3. The summed E-state index contributed by atoms with van der Waals surface area (Å²) in [5.74, 6) is -2.42. The second-order valence-electron chi connectivity index (χ2n) is 10.8. The third kappa shape index (κ3) is 7.17. The Bertz CT molecular complexity index is 1470. The molecule has 9 nitrogen and oxygen atoms in total. The molecule has 3 heterocycles. The third-order valence-electron chi connectivity index (χ3n) is 7.79. The number of aliphatic hydroxyl groups is 1. The Hall–Kier alpha value is -3.65. The highest BCUT2D eigenvalue weighted by Gasteiger charge is 2.47. The number of carbonyl (C=O) groups excluding carboxylic acids is 2. The average molecular weight is 632 g/mol. The van der Waals surface area contributed by atoms with E-state index in [4.69, 9.17) is 9.47 Å². The summed E-state index contributed by atoms with van der Waals surface area (Å²) in [6.45, 7) is 1.75. The van der Waals surface area contributed by atoms with Gasteiger partial charge < -0.3 is 30.0 Å². The Morgan fingerprint density at radius 2 is 1.86 bits per heavy atom. The SMILES string of the molecule is C[C@@H]1[C@H](CSc2cccc[n+]2[O-])O[C@H](c2cccc(NC(=O)[C@@H]3CCCN3C(=O)C(F)(F)F)c2)O[C@@H]1c1ccc(CO)cc1. The van der Waals surface area contributed by atoms with Gasteiger partial charge in [0.15, 0.2) is 12.5 Å². The van der Waals surface area contributed by atoms with Gasteiger partial charge in [-0.05, 0) is 42.2 Å². The van der Waals surface area contributed by atoms with E-state index in [1.165, 1.54) is 18.0 Å². The molecule has 5 atom stereocenters. The highest BCUT2D eigenvalue weighted by molar-refractivity contribution is 7.99. The monoisotopic (exact) mass is 631 g/mol. The molecule has 2 aromatic carbocycles. The van der Waals surface area contributed by atoms with E-state index in [0.717, 1.165) is 15.9 Å². The number of aliphatic hydroxyl groups excluding tert-OH is 1. The summed E-state index contributed by atoms with van der Waals surface area (Å²) in [6, 6.07) is 18.0. The fourth-order valence-corrected chi connectivity index (χ4v) is 6.52. The van der Waals surface area contributed by atoms with Crippen molar-refractivity contribution in [1.82, 2.24) is 4.90 Å². The van der Waals surface area contributed by atoms with Crippen molar-refractivity contribution < 1.29 is 42.1 Å². The number of ether oxygens (including phenoxy) is 2. The molecule has 2 N–H and O–H groups in total. The number of pyridine rings is 1. The predicted molar refractivity (Wildman–Crippen MR) is 155 cm³/mol. The van der Waals surface area contributed by atoms with E-state index in [2.05, 4.69) is 5.32 Å². The zero-order valence-electron chi connectivity index (χ0n) is 23.8. The van der Waals surface area contributed by atoms with Crippen molar-refractivity contribution in [3.8, 4) is 0 Å². The molecule has 234 valence electrons. The summed E-state index contributed by atoms with van der Waals surface area (Å²) < 4.78 is 52.8. The number of thioether (sulfide) groups is 1. The lowest BCUT2D eigenvalue weighted by atomic mass is 9.91. The van der Waals surface area contributed by atoms with Crippen molar-refractivity contribution in [1.29, 1.82) is 0 Å². The number of benzene rings is 2. The van der Waals surface area contributed by atoms with Crippen molar-refractivity contribution in [2.45, 2.75) is 62.1 Å². The molecule has 1 aromatic heterocycles. The smallest absolute Gasteiger partial charge is 0.471 e. The van der Waals surface area contributed by atoms with Crippen molar-refractivity contribution in [3.05, 3.63) is 94.8 Å². The van der Waals surface area contributed by atoms with Gasteiger partial charge in [-0.15, -0.1) is 0 Å². The number of nitrogens with zero attached hydrogens (tertiary/aromatic N) is 2. The molecule has 2 saturated heterocycles.